The molecule has 1 amide bonds. The number of benzene rings is 2. The van der Waals surface area contributed by atoms with E-state index in [1.807, 2.05) is 44.1 Å². The van der Waals surface area contributed by atoms with Gasteiger partial charge in [-0.1, -0.05) is 23.5 Å². The summed E-state index contributed by atoms with van der Waals surface area (Å²) in [5.74, 6) is -0.149. The van der Waals surface area contributed by atoms with E-state index in [0.717, 1.165) is 16.1 Å². The molecule has 0 unspecified atom stereocenters. The minimum Gasteiger partial charge on any atom is -0.378 e. The highest BCUT2D eigenvalue weighted by atomic mass is 32.1. The summed E-state index contributed by atoms with van der Waals surface area (Å²) in [5.41, 5.74) is 2.48. The topological polar surface area (TPSA) is 63.1 Å². The molecular weight excluding hydrogens is 377 g/mol. The number of fused-ring (bicyclic) bond motifs is 1. The zero-order valence-electron chi connectivity index (χ0n) is 15.6. The molecule has 142 valence electrons. The lowest BCUT2D eigenvalue weighted by Crippen LogP contribution is -2.16. The van der Waals surface area contributed by atoms with Gasteiger partial charge >= 0.3 is 0 Å². The first-order chi connectivity index (χ1) is 13.4. The molecule has 0 bridgehead atoms. The molecule has 0 radical (unpaired) electrons. The van der Waals surface area contributed by atoms with Crippen LogP contribution in [0.4, 0.5) is 15.9 Å². The second-order valence-corrected chi connectivity index (χ2v) is 7.57. The van der Waals surface area contributed by atoms with Gasteiger partial charge in [-0.3, -0.25) is 4.79 Å². The zero-order valence-corrected chi connectivity index (χ0v) is 16.4. The van der Waals surface area contributed by atoms with Gasteiger partial charge in [-0.25, -0.2) is 9.37 Å². The van der Waals surface area contributed by atoms with E-state index in [-0.39, 0.29) is 11.7 Å². The van der Waals surface area contributed by atoms with Gasteiger partial charge in [0.2, 0.25) is 5.13 Å². The molecule has 0 aliphatic rings. The predicted octanol–water partition coefficient (Wildman–Crippen LogP) is 4.25. The van der Waals surface area contributed by atoms with Crippen molar-refractivity contribution in [1.29, 1.82) is 0 Å². The SMILES string of the molecule is Cc1cc(NC(=O)c2cccc(N(C)C)c2)n(-c2nc3c(F)cccc3s2)n1. The standard InChI is InChI=1S/C20H18FN5OS/c1-12-10-17(22-19(27)13-6-4-7-14(11-13)25(2)3)26(24-12)20-23-18-15(21)8-5-9-16(18)28-20/h4-11H,1-3H3,(H,22,27). The van der Waals surface area contributed by atoms with E-state index in [1.54, 1.807) is 24.3 Å². The van der Waals surface area contributed by atoms with Gasteiger partial charge in [-0.2, -0.15) is 9.78 Å². The number of hydrogen-bond acceptors (Lipinski definition) is 5. The van der Waals surface area contributed by atoms with Crippen LogP contribution in [0, 0.1) is 12.7 Å². The van der Waals surface area contributed by atoms with Crippen LogP contribution in [0.3, 0.4) is 0 Å². The molecule has 0 saturated carbocycles. The van der Waals surface area contributed by atoms with Gasteiger partial charge in [0.15, 0.2) is 0 Å². The molecule has 0 aliphatic carbocycles. The molecule has 0 spiro atoms. The van der Waals surface area contributed by atoms with Gasteiger partial charge in [-0.15, -0.1) is 0 Å². The largest absolute Gasteiger partial charge is 0.378 e. The number of carbonyl (C=O) groups excluding carboxylic acids is 1. The summed E-state index contributed by atoms with van der Waals surface area (Å²) in [6.07, 6.45) is 0. The second kappa shape index (κ2) is 7.05. The van der Waals surface area contributed by atoms with Crippen LogP contribution in [0.25, 0.3) is 15.3 Å². The van der Waals surface area contributed by atoms with E-state index in [2.05, 4.69) is 15.4 Å². The average Bonchev–Trinajstić information content (AvgIpc) is 3.26. The Bertz CT molecular complexity index is 1180. The molecular formula is C20H18FN5OS. The Morgan fingerprint density at radius 3 is 2.71 bits per heavy atom. The zero-order chi connectivity index (χ0) is 19.8. The number of carbonyl (C=O) groups is 1. The number of rotatable bonds is 4. The molecule has 0 fully saturated rings. The van der Waals surface area contributed by atoms with Crippen LogP contribution in [0.2, 0.25) is 0 Å². The van der Waals surface area contributed by atoms with Crippen molar-refractivity contribution in [2.75, 3.05) is 24.3 Å². The first kappa shape index (κ1) is 18.1. The van der Waals surface area contributed by atoms with E-state index in [1.165, 1.54) is 22.1 Å². The van der Waals surface area contributed by atoms with Crippen molar-refractivity contribution in [2.45, 2.75) is 6.92 Å². The molecule has 6 nitrogen and oxygen atoms in total. The third-order valence-corrected chi connectivity index (χ3v) is 5.23. The van der Waals surface area contributed by atoms with Crippen molar-refractivity contribution in [3.8, 4) is 5.13 Å². The maximum Gasteiger partial charge on any atom is 0.256 e. The molecule has 2 aromatic heterocycles. The summed E-state index contributed by atoms with van der Waals surface area (Å²) in [6, 6.07) is 13.9. The Kier molecular flexibility index (Phi) is 4.56. The van der Waals surface area contributed by atoms with Crippen molar-refractivity contribution in [3.63, 3.8) is 0 Å². The fourth-order valence-corrected chi connectivity index (χ4v) is 3.79. The molecule has 0 saturated heterocycles. The van der Waals surface area contributed by atoms with Crippen LogP contribution in [-0.4, -0.2) is 34.8 Å². The minimum absolute atomic E-state index is 0.253. The van der Waals surface area contributed by atoms with E-state index < -0.39 is 0 Å². The minimum atomic E-state index is -0.380. The first-order valence-electron chi connectivity index (χ1n) is 8.63. The normalized spacial score (nSPS) is 11.0. The average molecular weight is 395 g/mol. The van der Waals surface area contributed by atoms with E-state index in [0.29, 0.717) is 22.0 Å². The lowest BCUT2D eigenvalue weighted by Gasteiger charge is -2.13. The van der Waals surface area contributed by atoms with Gasteiger partial charge in [0.25, 0.3) is 5.91 Å². The van der Waals surface area contributed by atoms with Crippen LogP contribution in [0.15, 0.2) is 48.5 Å². The van der Waals surface area contributed by atoms with Gasteiger partial charge < -0.3 is 10.2 Å². The number of nitrogens with zero attached hydrogens (tertiary/aromatic N) is 4. The number of aromatic nitrogens is 3. The molecule has 4 aromatic rings. The third kappa shape index (κ3) is 3.34. The Hall–Kier alpha value is -3.26. The summed E-state index contributed by atoms with van der Waals surface area (Å²) in [4.78, 5) is 19.1. The van der Waals surface area contributed by atoms with Crippen molar-refractivity contribution >= 4 is 39.0 Å². The molecule has 28 heavy (non-hydrogen) atoms. The first-order valence-corrected chi connectivity index (χ1v) is 9.45. The van der Waals surface area contributed by atoms with Gasteiger partial charge in [0, 0.05) is 31.4 Å². The molecule has 0 aliphatic heterocycles. The van der Waals surface area contributed by atoms with Crippen LogP contribution in [0.1, 0.15) is 16.1 Å². The molecule has 0 atom stereocenters. The van der Waals surface area contributed by atoms with E-state index in [9.17, 15) is 9.18 Å². The van der Waals surface area contributed by atoms with Crippen molar-refractivity contribution < 1.29 is 9.18 Å². The number of aryl methyl sites for hydroxylation is 1. The van der Waals surface area contributed by atoms with Crippen molar-refractivity contribution in [3.05, 3.63) is 65.6 Å². The summed E-state index contributed by atoms with van der Waals surface area (Å²) in [5, 5.41) is 7.80. The number of nitrogens with one attached hydrogen (secondary N) is 1. The third-order valence-electron chi connectivity index (χ3n) is 4.24. The molecule has 1 N–H and O–H groups in total. The van der Waals surface area contributed by atoms with Crippen LogP contribution >= 0.6 is 11.3 Å². The number of para-hydroxylation sites is 1. The Labute approximate surface area is 165 Å². The summed E-state index contributed by atoms with van der Waals surface area (Å²) in [6.45, 7) is 1.83. The molecule has 4 rings (SSSR count). The number of amides is 1. The molecule has 2 aromatic carbocycles. The highest BCUT2D eigenvalue weighted by molar-refractivity contribution is 7.20. The molecule has 8 heteroatoms. The number of halogens is 1. The Morgan fingerprint density at radius 1 is 1.18 bits per heavy atom. The van der Waals surface area contributed by atoms with Crippen LogP contribution in [0.5, 0.6) is 0 Å². The highest BCUT2D eigenvalue weighted by Crippen LogP contribution is 2.29. The van der Waals surface area contributed by atoms with Crippen LogP contribution in [-0.2, 0) is 0 Å². The van der Waals surface area contributed by atoms with Gasteiger partial charge in [-0.05, 0) is 37.3 Å². The lowest BCUT2D eigenvalue weighted by molar-refractivity contribution is 0.102. The summed E-state index contributed by atoms with van der Waals surface area (Å²) >= 11 is 1.31. The maximum absolute atomic E-state index is 14.0. The molecule has 2 heterocycles. The maximum atomic E-state index is 14.0. The smallest absolute Gasteiger partial charge is 0.256 e. The van der Waals surface area contributed by atoms with Crippen molar-refractivity contribution in [1.82, 2.24) is 14.8 Å². The Morgan fingerprint density at radius 2 is 1.96 bits per heavy atom. The fraction of sp³-hybridized carbons (Fsp3) is 0.150. The lowest BCUT2D eigenvalue weighted by atomic mass is 10.2. The number of anilines is 2. The second-order valence-electron chi connectivity index (χ2n) is 6.56. The summed E-state index contributed by atoms with van der Waals surface area (Å²) in [7, 11) is 3.84. The number of hydrogen-bond donors (Lipinski definition) is 1. The van der Waals surface area contributed by atoms with Crippen molar-refractivity contribution in [2.24, 2.45) is 0 Å². The monoisotopic (exact) mass is 395 g/mol. The highest BCUT2D eigenvalue weighted by Gasteiger charge is 2.17. The predicted molar refractivity (Wildman–Crippen MR) is 110 cm³/mol. The van der Waals surface area contributed by atoms with Crippen LogP contribution < -0.4 is 10.2 Å². The van der Waals surface area contributed by atoms with E-state index >= 15 is 0 Å². The van der Waals surface area contributed by atoms with Gasteiger partial charge in [0.1, 0.15) is 17.2 Å². The quantitative estimate of drug-likeness (QED) is 0.561. The summed E-state index contributed by atoms with van der Waals surface area (Å²) < 4.78 is 16.3. The number of thiazole rings is 1. The van der Waals surface area contributed by atoms with E-state index in [4.69, 9.17) is 0 Å². The van der Waals surface area contributed by atoms with Gasteiger partial charge in [0.05, 0.1) is 10.4 Å². The Balaban J connectivity index is 1.69. The fourth-order valence-electron chi connectivity index (χ4n) is 2.84.